The predicted molar refractivity (Wildman–Crippen MR) is 164 cm³/mol. The van der Waals surface area contributed by atoms with Crippen molar-refractivity contribution in [1.82, 2.24) is 5.32 Å². The predicted octanol–water partition coefficient (Wildman–Crippen LogP) is 6.37. The van der Waals surface area contributed by atoms with Gasteiger partial charge in [0.15, 0.2) is 16.6 Å². The molecule has 40 heavy (non-hydrogen) atoms. The first-order valence-electron chi connectivity index (χ1n) is 14.1. The SMILES string of the molecule is CC(C)(C)[Si](C)(C)OC[C@H]1O[C@@H](C2C=CC(=NCc3ccccc3[N+](=O)[O-])NC2=O)C[C@H]1O[Si](C)(C)C(C)(C)C. The molecular weight excluding hydrogens is 543 g/mol. The lowest BCUT2D eigenvalue weighted by Crippen LogP contribution is -2.48. The van der Waals surface area contributed by atoms with Crippen molar-refractivity contribution in [2.75, 3.05) is 6.61 Å². The van der Waals surface area contributed by atoms with Crippen LogP contribution in [0, 0.1) is 16.0 Å². The summed E-state index contributed by atoms with van der Waals surface area (Å²) in [4.78, 5) is 28.5. The fourth-order valence-corrected chi connectivity index (χ4v) is 6.60. The van der Waals surface area contributed by atoms with Crippen LogP contribution in [-0.2, 0) is 24.9 Å². The highest BCUT2D eigenvalue weighted by Gasteiger charge is 2.48. The minimum absolute atomic E-state index is 0.00827. The highest BCUT2D eigenvalue weighted by molar-refractivity contribution is 6.74. The zero-order valence-electron chi connectivity index (χ0n) is 25.7. The number of benzene rings is 1. The molecule has 0 aliphatic carbocycles. The lowest BCUT2D eigenvalue weighted by atomic mass is 9.95. The first-order chi connectivity index (χ1) is 18.3. The number of nitro benzene ring substituents is 1. The van der Waals surface area contributed by atoms with E-state index in [1.807, 2.05) is 6.08 Å². The van der Waals surface area contributed by atoms with E-state index in [0.717, 1.165) is 0 Å². The van der Waals surface area contributed by atoms with Crippen LogP contribution in [0.1, 0.15) is 53.5 Å². The van der Waals surface area contributed by atoms with E-state index in [-0.39, 0.29) is 46.5 Å². The number of para-hydroxylation sites is 1. The number of hydrogen-bond acceptors (Lipinski definition) is 7. The minimum atomic E-state index is -2.10. The van der Waals surface area contributed by atoms with Gasteiger partial charge in [-0.3, -0.25) is 19.9 Å². The van der Waals surface area contributed by atoms with Gasteiger partial charge >= 0.3 is 0 Å². The molecule has 2 aliphatic heterocycles. The van der Waals surface area contributed by atoms with Crippen molar-refractivity contribution in [3.8, 4) is 0 Å². The van der Waals surface area contributed by atoms with Crippen LogP contribution in [0.2, 0.25) is 36.3 Å². The summed E-state index contributed by atoms with van der Waals surface area (Å²) in [5.74, 6) is -0.316. The number of carbonyl (C=O) groups excluding carboxylic acids is 1. The van der Waals surface area contributed by atoms with Crippen molar-refractivity contribution >= 4 is 34.1 Å². The molecule has 1 saturated heterocycles. The van der Waals surface area contributed by atoms with Crippen molar-refractivity contribution in [3.05, 3.63) is 52.1 Å². The third kappa shape index (κ3) is 7.55. The third-order valence-electron chi connectivity index (χ3n) is 8.92. The van der Waals surface area contributed by atoms with Gasteiger partial charge in [-0.05, 0) is 42.3 Å². The number of rotatable bonds is 9. The monoisotopic (exact) mass is 589 g/mol. The Kier molecular flexibility index (Phi) is 9.67. The van der Waals surface area contributed by atoms with Crippen molar-refractivity contribution in [3.63, 3.8) is 0 Å². The maximum atomic E-state index is 13.2. The molecule has 9 nitrogen and oxygen atoms in total. The number of hydrogen-bond donors (Lipinski definition) is 1. The Hall–Kier alpha value is -2.19. The van der Waals surface area contributed by atoms with Crippen LogP contribution in [0.3, 0.4) is 0 Å². The highest BCUT2D eigenvalue weighted by atomic mass is 28.4. The van der Waals surface area contributed by atoms with Gasteiger partial charge < -0.3 is 18.9 Å². The molecule has 11 heteroatoms. The molecule has 0 bridgehead atoms. The minimum Gasteiger partial charge on any atom is -0.414 e. The van der Waals surface area contributed by atoms with E-state index in [9.17, 15) is 14.9 Å². The topological polar surface area (TPSA) is 112 Å². The first-order valence-corrected chi connectivity index (χ1v) is 19.9. The van der Waals surface area contributed by atoms with E-state index >= 15 is 0 Å². The van der Waals surface area contributed by atoms with Gasteiger partial charge in [-0.1, -0.05) is 65.8 Å². The second-order valence-electron chi connectivity index (χ2n) is 13.9. The van der Waals surface area contributed by atoms with E-state index in [1.165, 1.54) is 6.07 Å². The van der Waals surface area contributed by atoms with Gasteiger partial charge in [0, 0.05) is 12.5 Å². The summed E-state index contributed by atoms with van der Waals surface area (Å²) in [5.41, 5.74) is 0.494. The van der Waals surface area contributed by atoms with Gasteiger partial charge in [0.2, 0.25) is 5.91 Å². The average Bonchev–Trinajstić information content (AvgIpc) is 3.21. The van der Waals surface area contributed by atoms with Gasteiger partial charge in [0.05, 0.1) is 41.8 Å². The van der Waals surface area contributed by atoms with Crippen LogP contribution in [0.25, 0.3) is 0 Å². The third-order valence-corrected chi connectivity index (χ3v) is 17.9. The molecule has 1 aromatic carbocycles. The van der Waals surface area contributed by atoms with Crippen molar-refractivity contribution < 1.29 is 23.3 Å². The summed E-state index contributed by atoms with van der Waals surface area (Å²) >= 11 is 0. The molecule has 1 amide bonds. The molecule has 222 valence electrons. The Balaban J connectivity index is 1.76. The maximum absolute atomic E-state index is 13.2. The second kappa shape index (κ2) is 12.0. The van der Waals surface area contributed by atoms with Crippen LogP contribution in [-0.4, -0.2) is 58.2 Å². The molecule has 1 aromatic rings. The van der Waals surface area contributed by atoms with E-state index in [4.69, 9.17) is 13.6 Å². The first kappa shape index (κ1) is 32.3. The molecule has 2 heterocycles. The smallest absolute Gasteiger partial charge is 0.274 e. The second-order valence-corrected chi connectivity index (χ2v) is 23.5. The lowest BCUT2D eigenvalue weighted by Gasteiger charge is -2.40. The number of amides is 1. The van der Waals surface area contributed by atoms with Gasteiger partial charge in [0.1, 0.15) is 11.9 Å². The number of carbonyl (C=O) groups is 1. The highest BCUT2D eigenvalue weighted by Crippen LogP contribution is 2.42. The Morgan fingerprint density at radius 2 is 1.70 bits per heavy atom. The van der Waals surface area contributed by atoms with Crippen LogP contribution in [0.15, 0.2) is 41.4 Å². The Morgan fingerprint density at radius 3 is 2.27 bits per heavy atom. The molecule has 2 aliphatic rings. The summed E-state index contributed by atoms with van der Waals surface area (Å²) in [5, 5.41) is 14.3. The summed E-state index contributed by atoms with van der Waals surface area (Å²) in [6.45, 7) is 22.8. The molecule has 0 spiro atoms. The Labute approximate surface area is 241 Å². The standard InChI is InChI=1S/C29H47N3O6Si2/c1-28(2,3)39(7,8)36-19-25-24(38-40(9,10)29(4,5)6)17-23(37-25)21-15-16-26(31-27(21)33)30-18-20-13-11-12-14-22(20)32(34)35/h11-16,21,23-25H,17-19H2,1-10H3,(H,30,31,33)/t21?,23-,24-,25-/m1/s1. The van der Waals surface area contributed by atoms with E-state index in [2.05, 4.69) is 78.0 Å². The number of ether oxygens (including phenoxy) is 1. The maximum Gasteiger partial charge on any atom is 0.274 e. The van der Waals surface area contributed by atoms with E-state index < -0.39 is 27.5 Å². The van der Waals surface area contributed by atoms with Crippen molar-refractivity contribution in [2.24, 2.45) is 10.9 Å². The Morgan fingerprint density at radius 1 is 1.07 bits per heavy atom. The van der Waals surface area contributed by atoms with Crippen LogP contribution in [0.4, 0.5) is 5.69 Å². The van der Waals surface area contributed by atoms with Crippen LogP contribution >= 0.6 is 0 Å². The largest absolute Gasteiger partial charge is 0.414 e. The van der Waals surface area contributed by atoms with Gasteiger partial charge in [-0.2, -0.15) is 0 Å². The fourth-order valence-electron chi connectivity index (χ4n) is 4.22. The summed E-state index contributed by atoms with van der Waals surface area (Å²) in [7, 11) is -4.10. The van der Waals surface area contributed by atoms with Crippen LogP contribution < -0.4 is 5.32 Å². The van der Waals surface area contributed by atoms with Crippen molar-refractivity contribution in [1.29, 1.82) is 0 Å². The summed E-state index contributed by atoms with van der Waals surface area (Å²) < 4.78 is 19.9. The summed E-state index contributed by atoms with van der Waals surface area (Å²) in [6.07, 6.45) is 3.41. The van der Waals surface area contributed by atoms with Crippen LogP contribution in [0.5, 0.6) is 0 Å². The zero-order valence-corrected chi connectivity index (χ0v) is 27.7. The van der Waals surface area contributed by atoms with E-state index in [0.29, 0.717) is 24.4 Å². The summed E-state index contributed by atoms with van der Waals surface area (Å²) in [6, 6.07) is 6.47. The number of nitro groups is 1. The quantitative estimate of drug-likeness (QED) is 0.204. The van der Waals surface area contributed by atoms with Gasteiger partial charge in [-0.15, -0.1) is 0 Å². The average molecular weight is 590 g/mol. The van der Waals surface area contributed by atoms with Gasteiger partial charge in [0.25, 0.3) is 5.69 Å². The molecule has 1 N–H and O–H groups in total. The Bertz CT molecular complexity index is 1150. The molecule has 0 aromatic heterocycles. The zero-order chi connectivity index (χ0) is 30.1. The lowest BCUT2D eigenvalue weighted by molar-refractivity contribution is -0.385. The van der Waals surface area contributed by atoms with Gasteiger partial charge in [-0.25, -0.2) is 0 Å². The number of aliphatic imine (C=N–C) groups is 1. The number of nitrogens with zero attached hydrogens (tertiary/aromatic N) is 2. The molecule has 1 unspecified atom stereocenters. The fraction of sp³-hybridized carbons (Fsp3) is 0.655. The molecule has 1 fully saturated rings. The van der Waals surface area contributed by atoms with E-state index in [1.54, 1.807) is 24.3 Å². The molecule has 4 atom stereocenters. The molecular formula is C29H47N3O6Si2. The van der Waals surface area contributed by atoms with Crippen molar-refractivity contribution in [2.45, 2.75) is 109 Å². The molecule has 0 radical (unpaired) electrons. The normalized spacial score (nSPS) is 25.4. The molecule has 0 saturated carbocycles. The number of nitrogens with one attached hydrogen (secondary N) is 1. The number of amidine groups is 1. The molecule has 3 rings (SSSR count).